The molecule has 1 aromatic rings. The number of rotatable bonds is 6. The molecule has 0 aromatic carbocycles. The molecule has 0 unspecified atom stereocenters. The van der Waals surface area contributed by atoms with E-state index >= 15 is 0 Å². The predicted molar refractivity (Wildman–Crippen MR) is 112 cm³/mol. The lowest BCUT2D eigenvalue weighted by atomic mass is 9.95. The molecule has 2 saturated carbocycles. The monoisotopic (exact) mass is 436 g/mol. The number of carbonyl (C=O) groups is 1. The van der Waals surface area contributed by atoms with Crippen LogP contribution in [0.4, 0.5) is 0 Å². The van der Waals surface area contributed by atoms with Gasteiger partial charge in [0.2, 0.25) is 10.0 Å². The number of nitrogens with one attached hydrogen (secondary N) is 2. The normalized spacial score (nSPS) is 34.8. The zero-order valence-corrected chi connectivity index (χ0v) is 18.4. The molecule has 166 valence electrons. The van der Waals surface area contributed by atoms with E-state index in [2.05, 4.69) is 15.8 Å². The highest BCUT2D eigenvalue weighted by Gasteiger charge is 2.49. The van der Waals surface area contributed by atoms with Gasteiger partial charge >= 0.3 is 0 Å². The summed E-state index contributed by atoms with van der Waals surface area (Å²) < 4.78 is 33.9. The van der Waals surface area contributed by atoms with Gasteiger partial charge in [0.15, 0.2) is 5.69 Å². The summed E-state index contributed by atoms with van der Waals surface area (Å²) in [5.74, 6) is 1.01. The summed E-state index contributed by atoms with van der Waals surface area (Å²) in [6.45, 7) is 0. The van der Waals surface area contributed by atoms with E-state index < -0.39 is 10.0 Å². The Morgan fingerprint density at radius 3 is 2.30 bits per heavy atom. The maximum absolute atomic E-state index is 13.4. The first-order chi connectivity index (χ1) is 14.5. The average molecular weight is 437 g/mol. The smallest absolute Gasteiger partial charge is 0.273 e. The lowest BCUT2D eigenvalue weighted by Crippen LogP contribution is -2.55. The van der Waals surface area contributed by atoms with E-state index in [1.165, 1.54) is 0 Å². The van der Waals surface area contributed by atoms with Gasteiger partial charge in [-0.1, -0.05) is 5.16 Å². The Balaban J connectivity index is 1.21. The van der Waals surface area contributed by atoms with Crippen LogP contribution in [0.3, 0.4) is 0 Å². The highest BCUT2D eigenvalue weighted by molar-refractivity contribution is 7.89. The van der Waals surface area contributed by atoms with Crippen molar-refractivity contribution in [2.24, 2.45) is 0 Å². The van der Waals surface area contributed by atoms with E-state index in [0.717, 1.165) is 57.1 Å². The molecule has 5 rings (SSSR count). The maximum Gasteiger partial charge on any atom is 0.273 e. The fourth-order valence-electron chi connectivity index (χ4n) is 5.70. The third kappa shape index (κ3) is 3.80. The highest BCUT2D eigenvalue weighted by Crippen LogP contribution is 2.42. The zero-order valence-electron chi connectivity index (χ0n) is 17.5. The molecule has 4 fully saturated rings. The number of amides is 1. The number of carbonyl (C=O) groups excluding carboxylic acids is 1. The van der Waals surface area contributed by atoms with Gasteiger partial charge in [-0.15, -0.1) is 0 Å². The molecule has 1 aromatic heterocycles. The largest absolute Gasteiger partial charge is 0.360 e. The van der Waals surface area contributed by atoms with Gasteiger partial charge in [0.25, 0.3) is 5.91 Å². The van der Waals surface area contributed by atoms with Gasteiger partial charge in [0.05, 0.1) is 5.25 Å². The number of fused-ring (bicyclic) bond motifs is 2. The molecule has 2 aliphatic carbocycles. The van der Waals surface area contributed by atoms with Crippen molar-refractivity contribution in [1.29, 1.82) is 0 Å². The second-order valence-corrected chi connectivity index (χ2v) is 11.7. The summed E-state index contributed by atoms with van der Waals surface area (Å²) in [6, 6.07) is 2.18. The molecule has 2 N–H and O–H groups in total. The third-order valence-corrected chi connectivity index (χ3v) is 10.0. The van der Waals surface area contributed by atoms with E-state index in [0.29, 0.717) is 30.5 Å². The molecule has 9 heteroatoms. The molecule has 1 amide bonds. The second-order valence-electron chi connectivity index (χ2n) is 9.55. The number of hydrogen-bond donors (Lipinski definition) is 2. The summed E-state index contributed by atoms with van der Waals surface area (Å²) >= 11 is 0. The summed E-state index contributed by atoms with van der Waals surface area (Å²) in [5.41, 5.74) is 0.334. The van der Waals surface area contributed by atoms with E-state index in [9.17, 15) is 13.2 Å². The van der Waals surface area contributed by atoms with Crippen molar-refractivity contribution in [3.63, 3.8) is 0 Å². The predicted octanol–water partition coefficient (Wildman–Crippen LogP) is 2.14. The Labute approximate surface area is 178 Å². The molecule has 2 aliphatic heterocycles. The quantitative estimate of drug-likeness (QED) is 0.708. The molecule has 2 saturated heterocycles. The summed E-state index contributed by atoms with van der Waals surface area (Å²) in [7, 11) is -1.34. The Morgan fingerprint density at radius 1 is 1.03 bits per heavy atom. The van der Waals surface area contributed by atoms with E-state index in [1.807, 2.05) is 11.4 Å². The molecule has 0 spiro atoms. The molecule has 3 atom stereocenters. The molecular formula is C21H32N4O4S. The molecule has 8 nitrogen and oxygen atoms in total. The number of aromatic nitrogens is 1. The SMILES string of the molecule is CN[C@H]1CC[C@@H](S(=O)(=O)N2[C@@H]3CC[C@H]2C[C@@H](NC(=O)c2cc(C4CC4)on2)C3)CC1. The number of nitrogens with zero attached hydrogens (tertiary/aromatic N) is 2. The van der Waals surface area contributed by atoms with E-state index in [-0.39, 0.29) is 29.3 Å². The first-order valence-corrected chi connectivity index (χ1v) is 12.9. The van der Waals surface area contributed by atoms with Crippen molar-refractivity contribution < 1.29 is 17.7 Å². The van der Waals surface area contributed by atoms with E-state index in [1.54, 1.807) is 6.07 Å². The lowest BCUT2D eigenvalue weighted by molar-refractivity contribution is 0.0899. The van der Waals surface area contributed by atoms with Crippen LogP contribution in [-0.2, 0) is 10.0 Å². The number of sulfonamides is 1. The van der Waals surface area contributed by atoms with Gasteiger partial charge in [-0.2, -0.15) is 4.31 Å². The van der Waals surface area contributed by atoms with Crippen LogP contribution in [0.25, 0.3) is 0 Å². The molecule has 30 heavy (non-hydrogen) atoms. The van der Waals surface area contributed by atoms with Gasteiger partial charge in [-0.25, -0.2) is 8.42 Å². The van der Waals surface area contributed by atoms with Crippen LogP contribution in [0.5, 0.6) is 0 Å². The van der Waals surface area contributed by atoms with Crippen molar-refractivity contribution in [3.8, 4) is 0 Å². The van der Waals surface area contributed by atoms with Gasteiger partial charge < -0.3 is 15.2 Å². The Bertz CT molecular complexity index is 875. The number of piperidine rings is 1. The van der Waals surface area contributed by atoms with Crippen molar-refractivity contribution in [1.82, 2.24) is 20.1 Å². The highest BCUT2D eigenvalue weighted by atomic mass is 32.2. The number of hydrogen-bond acceptors (Lipinski definition) is 6. The lowest BCUT2D eigenvalue weighted by Gasteiger charge is -2.41. The van der Waals surface area contributed by atoms with Crippen molar-refractivity contribution in [3.05, 3.63) is 17.5 Å². The summed E-state index contributed by atoms with van der Waals surface area (Å²) in [4.78, 5) is 12.6. The van der Waals surface area contributed by atoms with Gasteiger partial charge in [0, 0.05) is 36.2 Å². The minimum Gasteiger partial charge on any atom is -0.360 e. The Hall–Kier alpha value is -1.45. The van der Waals surface area contributed by atoms with Crippen LogP contribution >= 0.6 is 0 Å². The fourth-order valence-corrected chi connectivity index (χ4v) is 8.13. The van der Waals surface area contributed by atoms with Crippen LogP contribution in [0.1, 0.15) is 86.4 Å². The van der Waals surface area contributed by atoms with Crippen LogP contribution in [-0.4, -0.2) is 60.3 Å². The minimum atomic E-state index is -3.29. The van der Waals surface area contributed by atoms with Crippen LogP contribution in [0, 0.1) is 0 Å². The van der Waals surface area contributed by atoms with Gasteiger partial charge in [-0.3, -0.25) is 4.79 Å². The summed E-state index contributed by atoms with van der Waals surface area (Å²) in [5, 5.41) is 10.0. The van der Waals surface area contributed by atoms with E-state index in [4.69, 9.17) is 4.52 Å². The third-order valence-electron chi connectivity index (χ3n) is 7.54. The molecule has 2 bridgehead atoms. The van der Waals surface area contributed by atoms with Gasteiger partial charge in [-0.05, 0) is 71.3 Å². The molecular weight excluding hydrogens is 404 g/mol. The molecule has 3 heterocycles. The zero-order chi connectivity index (χ0) is 20.9. The minimum absolute atomic E-state index is 0.000377. The van der Waals surface area contributed by atoms with Crippen molar-refractivity contribution in [2.45, 2.75) is 99.5 Å². The topological polar surface area (TPSA) is 105 Å². The van der Waals surface area contributed by atoms with Gasteiger partial charge in [0.1, 0.15) is 5.76 Å². The first-order valence-electron chi connectivity index (χ1n) is 11.4. The van der Waals surface area contributed by atoms with Crippen molar-refractivity contribution >= 4 is 15.9 Å². The standard InChI is InChI=1S/C21H32N4O4S/c1-22-14-4-8-18(9-5-14)30(27,28)25-16-6-7-17(25)11-15(10-16)23-21(26)19-12-20(29-24-19)13-2-3-13/h12-18,22H,2-11H2,1H3,(H,23,26)/t14-,15-,16+,17-,18+. The van der Waals surface area contributed by atoms with Crippen LogP contribution < -0.4 is 10.6 Å². The first kappa shape index (κ1) is 20.5. The Morgan fingerprint density at radius 2 is 1.70 bits per heavy atom. The average Bonchev–Trinajstić information content (AvgIpc) is 3.40. The molecule has 4 aliphatic rings. The van der Waals surface area contributed by atoms with Crippen LogP contribution in [0.2, 0.25) is 0 Å². The maximum atomic E-state index is 13.4. The van der Waals surface area contributed by atoms with Crippen LogP contribution in [0.15, 0.2) is 10.6 Å². The second kappa shape index (κ2) is 7.91. The molecule has 0 radical (unpaired) electrons. The van der Waals surface area contributed by atoms with Crippen molar-refractivity contribution in [2.75, 3.05) is 7.05 Å². The summed E-state index contributed by atoms with van der Waals surface area (Å²) in [6.07, 6.45) is 8.65. The Kier molecular flexibility index (Phi) is 5.39. The fraction of sp³-hybridized carbons (Fsp3) is 0.810.